The second-order valence-corrected chi connectivity index (χ2v) is 7.06. The number of hydrogen-bond donors (Lipinski definition) is 3. The number of ether oxygens (including phenoxy) is 2. The zero-order valence-electron chi connectivity index (χ0n) is 15.1. The highest BCUT2D eigenvalue weighted by molar-refractivity contribution is 5.83. The van der Waals surface area contributed by atoms with Crippen molar-refractivity contribution in [2.75, 3.05) is 18.5 Å². The molecule has 3 rings (SSSR count). The van der Waals surface area contributed by atoms with Crippen molar-refractivity contribution in [2.45, 2.75) is 56.5 Å². The molecular weight excluding hydrogens is 380 g/mol. The number of carbonyl (C=O) groups excluding carboxylic acids is 1. The summed E-state index contributed by atoms with van der Waals surface area (Å²) in [5.41, 5.74) is -1.11. The molecule has 1 saturated carbocycles. The zero-order valence-corrected chi connectivity index (χ0v) is 15.1. The lowest BCUT2D eigenvalue weighted by Gasteiger charge is -2.21. The van der Waals surface area contributed by atoms with Gasteiger partial charge >= 0.3 is 17.7 Å². The molecule has 1 aromatic rings. The summed E-state index contributed by atoms with van der Waals surface area (Å²) in [5, 5.41) is 20.8. The highest BCUT2D eigenvalue weighted by Crippen LogP contribution is 2.41. The number of rotatable bonds is 5. The van der Waals surface area contributed by atoms with Crippen LogP contribution in [0.3, 0.4) is 0 Å². The Kier molecular flexibility index (Phi) is 6.26. The van der Waals surface area contributed by atoms with Crippen molar-refractivity contribution in [2.24, 2.45) is 5.92 Å². The maximum absolute atomic E-state index is 14.1. The summed E-state index contributed by atoms with van der Waals surface area (Å²) in [4.78, 5) is 27.5. The Hall–Kier alpha value is -2.11. The van der Waals surface area contributed by atoms with Crippen molar-refractivity contribution in [3.8, 4) is 0 Å². The molecule has 28 heavy (non-hydrogen) atoms. The van der Waals surface area contributed by atoms with Gasteiger partial charge in [0, 0.05) is 6.20 Å². The largest absolute Gasteiger partial charge is 0.449 e. The van der Waals surface area contributed by atoms with E-state index in [2.05, 4.69) is 10.3 Å². The van der Waals surface area contributed by atoms with Crippen LogP contribution in [0, 0.1) is 5.92 Å². The topological polar surface area (TPSA) is 123 Å². The summed E-state index contributed by atoms with van der Waals surface area (Å²) < 4.78 is 38.8. The van der Waals surface area contributed by atoms with Crippen molar-refractivity contribution in [1.82, 2.24) is 9.55 Å². The summed E-state index contributed by atoms with van der Waals surface area (Å²) >= 11 is 0. The van der Waals surface area contributed by atoms with Crippen LogP contribution in [-0.2, 0) is 9.47 Å². The number of aliphatic hydroxyl groups is 2. The molecule has 156 valence electrons. The van der Waals surface area contributed by atoms with Gasteiger partial charge in [-0.05, 0) is 24.8 Å². The van der Waals surface area contributed by atoms with E-state index in [9.17, 15) is 23.5 Å². The SMILES string of the molecule is O=C(Nc1ccn([C@@H]2O[C@H](CO)[C@@H](O)C2(F)F)c(=O)n1)OCC1CCCCC1. The molecule has 0 bridgehead atoms. The molecule has 11 heteroatoms. The standard InChI is InChI=1S/C17H23F2N3O6/c18-17(19)13(24)11(8-23)28-14(17)22-7-6-12(20-15(22)25)21-16(26)27-9-10-4-2-1-3-5-10/h6-7,10-11,13-14,23-24H,1-5,8-9H2,(H,20,21,25,26)/t11-,13-,14-/m1/s1. The molecule has 0 unspecified atom stereocenters. The lowest BCUT2D eigenvalue weighted by atomic mass is 9.90. The van der Waals surface area contributed by atoms with Crippen molar-refractivity contribution in [1.29, 1.82) is 0 Å². The molecule has 1 aliphatic carbocycles. The van der Waals surface area contributed by atoms with Crippen LogP contribution < -0.4 is 11.0 Å². The highest BCUT2D eigenvalue weighted by atomic mass is 19.3. The zero-order chi connectivity index (χ0) is 20.3. The number of carbonyl (C=O) groups is 1. The van der Waals surface area contributed by atoms with E-state index in [1.807, 2.05) is 0 Å². The number of amides is 1. The van der Waals surface area contributed by atoms with Crippen LogP contribution >= 0.6 is 0 Å². The first-order valence-corrected chi connectivity index (χ1v) is 9.18. The number of halogens is 2. The minimum Gasteiger partial charge on any atom is -0.449 e. The van der Waals surface area contributed by atoms with E-state index in [4.69, 9.17) is 14.6 Å². The molecule has 1 aliphatic heterocycles. The first kappa shape index (κ1) is 20.6. The minimum atomic E-state index is -3.80. The maximum Gasteiger partial charge on any atom is 0.412 e. The number of aromatic nitrogens is 2. The van der Waals surface area contributed by atoms with E-state index < -0.39 is 42.7 Å². The summed E-state index contributed by atoms with van der Waals surface area (Å²) in [5.74, 6) is -3.64. The van der Waals surface area contributed by atoms with Gasteiger partial charge in [0.05, 0.1) is 13.2 Å². The summed E-state index contributed by atoms with van der Waals surface area (Å²) in [6.45, 7) is -0.562. The monoisotopic (exact) mass is 403 g/mol. The molecule has 2 fully saturated rings. The third-order valence-corrected chi connectivity index (χ3v) is 5.05. The molecule has 9 nitrogen and oxygen atoms in total. The number of nitrogens with one attached hydrogen (secondary N) is 1. The van der Waals surface area contributed by atoms with Gasteiger partial charge in [-0.25, -0.2) is 9.59 Å². The predicted octanol–water partition coefficient (Wildman–Crippen LogP) is 1.26. The Morgan fingerprint density at radius 2 is 2.11 bits per heavy atom. The van der Waals surface area contributed by atoms with E-state index in [1.165, 1.54) is 6.42 Å². The number of nitrogens with zero attached hydrogens (tertiary/aromatic N) is 2. The van der Waals surface area contributed by atoms with E-state index in [-0.39, 0.29) is 12.4 Å². The third kappa shape index (κ3) is 4.31. The maximum atomic E-state index is 14.1. The summed E-state index contributed by atoms with van der Waals surface area (Å²) in [6.07, 6.45) is -0.332. The van der Waals surface area contributed by atoms with E-state index in [1.54, 1.807) is 0 Å². The van der Waals surface area contributed by atoms with Crippen molar-refractivity contribution in [3.63, 3.8) is 0 Å². The Balaban J connectivity index is 1.62. The molecule has 1 aromatic heterocycles. The number of anilines is 1. The molecule has 0 radical (unpaired) electrons. The second-order valence-electron chi connectivity index (χ2n) is 7.06. The molecule has 3 atom stereocenters. The van der Waals surface area contributed by atoms with Crippen LogP contribution in [0.1, 0.15) is 38.3 Å². The van der Waals surface area contributed by atoms with Crippen molar-refractivity contribution >= 4 is 11.9 Å². The lowest BCUT2D eigenvalue weighted by Crippen LogP contribution is -2.41. The van der Waals surface area contributed by atoms with Crippen molar-refractivity contribution in [3.05, 3.63) is 22.7 Å². The Bertz CT molecular complexity index is 753. The predicted molar refractivity (Wildman–Crippen MR) is 92.0 cm³/mol. The van der Waals surface area contributed by atoms with Gasteiger partial charge in [-0.3, -0.25) is 9.88 Å². The normalized spacial score (nSPS) is 27.5. The average molecular weight is 403 g/mol. The quantitative estimate of drug-likeness (QED) is 0.676. The average Bonchev–Trinajstić information content (AvgIpc) is 2.90. The highest BCUT2D eigenvalue weighted by Gasteiger charge is 2.59. The Morgan fingerprint density at radius 1 is 1.39 bits per heavy atom. The second kappa shape index (κ2) is 8.50. The fourth-order valence-electron chi connectivity index (χ4n) is 3.47. The van der Waals surface area contributed by atoms with Gasteiger partial charge in [-0.1, -0.05) is 19.3 Å². The van der Waals surface area contributed by atoms with Gasteiger partial charge in [-0.15, -0.1) is 0 Å². The van der Waals surface area contributed by atoms with Gasteiger partial charge < -0.3 is 19.7 Å². The van der Waals surface area contributed by atoms with Gasteiger partial charge in [-0.2, -0.15) is 13.8 Å². The minimum absolute atomic E-state index is 0.157. The van der Waals surface area contributed by atoms with E-state index in [0.29, 0.717) is 10.5 Å². The summed E-state index contributed by atoms with van der Waals surface area (Å²) in [6, 6.07) is 1.14. The fraction of sp³-hybridized carbons (Fsp3) is 0.706. The van der Waals surface area contributed by atoms with Gasteiger partial charge in [0.15, 0.2) is 6.10 Å². The van der Waals surface area contributed by atoms with Crippen molar-refractivity contribution < 1.29 is 33.3 Å². The molecule has 0 spiro atoms. The molecule has 1 amide bonds. The Morgan fingerprint density at radius 3 is 2.71 bits per heavy atom. The van der Waals surface area contributed by atoms with Gasteiger partial charge in [0.2, 0.25) is 6.23 Å². The smallest absolute Gasteiger partial charge is 0.412 e. The summed E-state index contributed by atoms with van der Waals surface area (Å²) in [7, 11) is 0. The number of aliphatic hydroxyl groups excluding tert-OH is 2. The van der Waals surface area contributed by atoms with E-state index in [0.717, 1.165) is 37.9 Å². The number of hydrogen-bond acceptors (Lipinski definition) is 7. The van der Waals surface area contributed by atoms with Crippen LogP contribution in [-0.4, -0.2) is 57.2 Å². The van der Waals surface area contributed by atoms with Crippen LogP contribution in [0.2, 0.25) is 0 Å². The Labute approximate surface area is 159 Å². The first-order chi connectivity index (χ1) is 13.3. The molecular formula is C17H23F2N3O6. The van der Waals surface area contributed by atoms with Crippen LogP contribution in [0.25, 0.3) is 0 Å². The fourth-order valence-corrected chi connectivity index (χ4v) is 3.47. The molecule has 2 aliphatic rings. The molecule has 0 aromatic carbocycles. The van der Waals surface area contributed by atoms with Crippen LogP contribution in [0.15, 0.2) is 17.1 Å². The first-order valence-electron chi connectivity index (χ1n) is 9.18. The molecule has 3 N–H and O–H groups in total. The molecule has 1 saturated heterocycles. The lowest BCUT2D eigenvalue weighted by molar-refractivity contribution is -0.140. The third-order valence-electron chi connectivity index (χ3n) is 5.05. The molecule has 2 heterocycles. The van der Waals surface area contributed by atoms with Crippen LogP contribution in [0.5, 0.6) is 0 Å². The van der Waals surface area contributed by atoms with Crippen LogP contribution in [0.4, 0.5) is 19.4 Å². The van der Waals surface area contributed by atoms with E-state index >= 15 is 0 Å². The number of alkyl halides is 2. The van der Waals surface area contributed by atoms with Gasteiger partial charge in [0.25, 0.3) is 0 Å². The van der Waals surface area contributed by atoms with Gasteiger partial charge in [0.1, 0.15) is 11.9 Å².